The van der Waals surface area contributed by atoms with Crippen molar-refractivity contribution in [3.63, 3.8) is 0 Å². The number of unbranched alkanes of at least 4 members (excludes halogenated alkanes) is 2. The highest BCUT2D eigenvalue weighted by Crippen LogP contribution is 2.65. The van der Waals surface area contributed by atoms with Crippen LogP contribution in [0.15, 0.2) is 60.7 Å². The molecule has 3 N–H and O–H groups in total. The molecule has 202 valence electrons. The van der Waals surface area contributed by atoms with E-state index in [9.17, 15) is 19.5 Å². The number of benzene rings is 2. The first-order valence-corrected chi connectivity index (χ1v) is 13.6. The number of carbonyl (C=O) groups is 3. The SMILES string of the molecule is CC1CC23O[C@]1(C)[C@@H](C(=O)Nc1ccccc1)[C@H]2C(=O)N(CCCCCO)C3C(=O)NCc1ccccc1. The summed E-state index contributed by atoms with van der Waals surface area (Å²) in [6.45, 7) is 4.76. The molecule has 3 fully saturated rings. The average Bonchev–Trinajstić information content (AvgIpc) is 3.43. The number of para-hydroxylation sites is 1. The largest absolute Gasteiger partial charge is 0.396 e. The second kappa shape index (κ2) is 10.5. The summed E-state index contributed by atoms with van der Waals surface area (Å²) in [6, 6.07) is 18.0. The number of nitrogens with one attached hydrogen (secondary N) is 2. The van der Waals surface area contributed by atoms with Crippen LogP contribution >= 0.6 is 0 Å². The molecular formula is C30H37N3O5. The van der Waals surface area contributed by atoms with E-state index >= 15 is 0 Å². The third-order valence-electron chi connectivity index (χ3n) is 8.75. The normalized spacial score (nSPS) is 31.3. The molecule has 8 heteroatoms. The van der Waals surface area contributed by atoms with Crippen LogP contribution < -0.4 is 10.6 Å². The number of aliphatic hydroxyl groups excluding tert-OH is 1. The van der Waals surface area contributed by atoms with Crippen LogP contribution in [0.2, 0.25) is 0 Å². The van der Waals surface area contributed by atoms with Crippen molar-refractivity contribution < 1.29 is 24.2 Å². The molecule has 2 aromatic carbocycles. The summed E-state index contributed by atoms with van der Waals surface area (Å²) >= 11 is 0. The fourth-order valence-corrected chi connectivity index (χ4v) is 6.87. The molecule has 38 heavy (non-hydrogen) atoms. The zero-order valence-electron chi connectivity index (χ0n) is 22.1. The van der Waals surface area contributed by atoms with Crippen molar-refractivity contribution in [1.82, 2.24) is 10.2 Å². The van der Waals surface area contributed by atoms with Crippen molar-refractivity contribution in [3.05, 3.63) is 66.2 Å². The monoisotopic (exact) mass is 519 g/mol. The van der Waals surface area contributed by atoms with Crippen LogP contribution in [0.3, 0.4) is 0 Å². The Morgan fingerprint density at radius 3 is 2.39 bits per heavy atom. The van der Waals surface area contributed by atoms with Gasteiger partial charge in [-0.05, 0) is 56.2 Å². The molecule has 3 amide bonds. The molecule has 0 aliphatic carbocycles. The van der Waals surface area contributed by atoms with Gasteiger partial charge in [0.2, 0.25) is 17.7 Å². The lowest BCUT2D eigenvalue weighted by Gasteiger charge is -2.36. The van der Waals surface area contributed by atoms with Gasteiger partial charge in [-0.3, -0.25) is 14.4 Å². The molecular weight excluding hydrogens is 482 g/mol. The van der Waals surface area contributed by atoms with E-state index < -0.39 is 29.1 Å². The van der Waals surface area contributed by atoms with Crippen LogP contribution in [0.4, 0.5) is 5.69 Å². The van der Waals surface area contributed by atoms with Crippen LogP contribution in [0, 0.1) is 17.8 Å². The number of fused-ring (bicyclic) bond motifs is 1. The maximum atomic E-state index is 14.1. The molecule has 1 spiro atoms. The summed E-state index contributed by atoms with van der Waals surface area (Å²) in [5.41, 5.74) is -0.304. The van der Waals surface area contributed by atoms with Crippen molar-refractivity contribution in [2.45, 2.75) is 63.3 Å². The van der Waals surface area contributed by atoms with Crippen molar-refractivity contribution in [2.24, 2.45) is 17.8 Å². The molecule has 2 bridgehead atoms. The van der Waals surface area contributed by atoms with Gasteiger partial charge in [-0.2, -0.15) is 0 Å². The Labute approximate surface area is 223 Å². The average molecular weight is 520 g/mol. The van der Waals surface area contributed by atoms with Gasteiger partial charge in [-0.25, -0.2) is 0 Å². The van der Waals surface area contributed by atoms with E-state index in [0.29, 0.717) is 38.0 Å². The number of carbonyl (C=O) groups excluding carboxylic acids is 3. The third-order valence-corrected chi connectivity index (χ3v) is 8.75. The van der Waals surface area contributed by atoms with Gasteiger partial charge >= 0.3 is 0 Å². The van der Waals surface area contributed by atoms with E-state index in [4.69, 9.17) is 4.74 Å². The maximum Gasteiger partial charge on any atom is 0.246 e. The summed E-state index contributed by atoms with van der Waals surface area (Å²) in [7, 11) is 0. The lowest BCUT2D eigenvalue weighted by atomic mass is 9.62. The molecule has 3 aliphatic rings. The highest BCUT2D eigenvalue weighted by Gasteiger charge is 2.79. The number of hydrogen-bond acceptors (Lipinski definition) is 5. The molecule has 3 aliphatic heterocycles. The number of aliphatic hydroxyl groups is 1. The summed E-state index contributed by atoms with van der Waals surface area (Å²) in [5.74, 6) is -2.18. The molecule has 8 nitrogen and oxygen atoms in total. The Kier molecular flexibility index (Phi) is 7.29. The standard InChI is InChI=1S/C30H37N3O5/c1-20-18-30-24(23(29(20,2)38-30)26(35)32-22-14-8-4-9-15-22)28(37)33(16-10-5-11-17-34)25(30)27(36)31-19-21-12-6-3-7-13-21/h3-4,6-9,12-15,20,23-25,34H,5,10-11,16-19H2,1-2H3,(H,31,36)(H,32,35)/t20?,23-,24+,25?,29+,30?/m1/s1. The minimum Gasteiger partial charge on any atom is -0.396 e. The van der Waals surface area contributed by atoms with Gasteiger partial charge in [0, 0.05) is 25.4 Å². The Hall–Kier alpha value is -3.23. The Bertz CT molecular complexity index is 1170. The highest BCUT2D eigenvalue weighted by molar-refractivity contribution is 6.02. The smallest absolute Gasteiger partial charge is 0.246 e. The van der Waals surface area contributed by atoms with Crippen LogP contribution in [-0.2, 0) is 25.7 Å². The number of likely N-dealkylation sites (tertiary alicyclic amines) is 1. The van der Waals surface area contributed by atoms with E-state index in [1.54, 1.807) is 4.90 Å². The van der Waals surface area contributed by atoms with Gasteiger partial charge in [0.25, 0.3) is 0 Å². The predicted molar refractivity (Wildman–Crippen MR) is 143 cm³/mol. The molecule has 6 atom stereocenters. The van der Waals surface area contributed by atoms with Crippen LogP contribution in [0.5, 0.6) is 0 Å². The summed E-state index contributed by atoms with van der Waals surface area (Å²) < 4.78 is 6.74. The van der Waals surface area contributed by atoms with Crippen molar-refractivity contribution in [2.75, 3.05) is 18.5 Å². The van der Waals surface area contributed by atoms with E-state index in [0.717, 1.165) is 12.0 Å². The zero-order valence-corrected chi connectivity index (χ0v) is 22.1. The van der Waals surface area contributed by atoms with Gasteiger partial charge in [0.05, 0.1) is 17.4 Å². The highest BCUT2D eigenvalue weighted by atomic mass is 16.5. The Balaban J connectivity index is 1.46. The van der Waals surface area contributed by atoms with Crippen molar-refractivity contribution in [3.8, 4) is 0 Å². The Morgan fingerprint density at radius 1 is 1.03 bits per heavy atom. The van der Waals surface area contributed by atoms with E-state index in [-0.39, 0.29) is 30.2 Å². The van der Waals surface area contributed by atoms with E-state index in [1.165, 1.54) is 0 Å². The molecule has 3 heterocycles. The summed E-state index contributed by atoms with van der Waals surface area (Å²) in [6.07, 6.45) is 2.56. The van der Waals surface area contributed by atoms with Crippen molar-refractivity contribution in [1.29, 1.82) is 0 Å². The molecule has 3 saturated heterocycles. The van der Waals surface area contributed by atoms with Gasteiger partial charge in [-0.1, -0.05) is 55.5 Å². The van der Waals surface area contributed by atoms with Gasteiger partial charge < -0.3 is 25.4 Å². The lowest BCUT2D eigenvalue weighted by Crippen LogP contribution is -2.55. The molecule has 0 saturated carbocycles. The number of amides is 3. The minimum absolute atomic E-state index is 0.0168. The zero-order chi connectivity index (χ0) is 26.9. The molecule has 3 unspecified atom stereocenters. The van der Waals surface area contributed by atoms with Crippen LogP contribution in [-0.4, -0.2) is 58.1 Å². The topological polar surface area (TPSA) is 108 Å². The number of nitrogens with zero attached hydrogens (tertiary/aromatic N) is 1. The molecule has 5 rings (SSSR count). The fourth-order valence-electron chi connectivity index (χ4n) is 6.87. The number of anilines is 1. The first kappa shape index (κ1) is 26.4. The number of ether oxygens (including phenoxy) is 1. The third kappa shape index (κ3) is 4.39. The molecule has 0 radical (unpaired) electrons. The first-order chi connectivity index (χ1) is 18.3. The molecule has 2 aromatic rings. The van der Waals surface area contributed by atoms with Gasteiger partial charge in [0.15, 0.2) is 0 Å². The van der Waals surface area contributed by atoms with Crippen LogP contribution in [0.25, 0.3) is 0 Å². The van der Waals surface area contributed by atoms with Crippen molar-refractivity contribution >= 4 is 23.4 Å². The first-order valence-electron chi connectivity index (χ1n) is 13.6. The second-order valence-electron chi connectivity index (χ2n) is 11.1. The minimum atomic E-state index is -1.07. The maximum absolute atomic E-state index is 14.1. The van der Waals surface area contributed by atoms with Gasteiger partial charge in [-0.15, -0.1) is 0 Å². The van der Waals surface area contributed by atoms with E-state index in [1.807, 2.05) is 74.5 Å². The lowest BCUT2D eigenvalue weighted by molar-refractivity contribution is -0.146. The fraction of sp³-hybridized carbons (Fsp3) is 0.500. The Morgan fingerprint density at radius 2 is 1.71 bits per heavy atom. The van der Waals surface area contributed by atoms with Crippen LogP contribution in [0.1, 0.15) is 45.1 Å². The second-order valence-corrected chi connectivity index (χ2v) is 11.1. The van der Waals surface area contributed by atoms with E-state index in [2.05, 4.69) is 10.6 Å². The molecule has 0 aromatic heterocycles. The number of hydrogen-bond donors (Lipinski definition) is 3. The summed E-state index contributed by atoms with van der Waals surface area (Å²) in [4.78, 5) is 43.3. The summed E-state index contributed by atoms with van der Waals surface area (Å²) in [5, 5.41) is 15.2. The quantitative estimate of drug-likeness (QED) is 0.418. The predicted octanol–water partition coefficient (Wildman–Crippen LogP) is 3.11. The van der Waals surface area contributed by atoms with Gasteiger partial charge in [0.1, 0.15) is 11.6 Å². The number of rotatable bonds is 10.